The Bertz CT molecular complexity index is 819. The van der Waals surface area contributed by atoms with Gasteiger partial charge < -0.3 is 19.2 Å². The molecular weight excluding hydrogens is 356 g/mol. The summed E-state index contributed by atoms with van der Waals surface area (Å²) in [5.74, 6) is 1.48. The summed E-state index contributed by atoms with van der Waals surface area (Å²) in [6.07, 6.45) is 3.20. The third-order valence-electron chi connectivity index (χ3n) is 6.36. The number of ether oxygens (including phenoxy) is 2. The first-order chi connectivity index (χ1) is 13.2. The van der Waals surface area contributed by atoms with Gasteiger partial charge in [-0.1, -0.05) is 25.9 Å². The molecule has 0 unspecified atom stereocenters. The highest BCUT2D eigenvalue weighted by molar-refractivity contribution is 6.06. The summed E-state index contributed by atoms with van der Waals surface area (Å²) in [5, 5.41) is 4.23. The molecule has 2 aliphatic heterocycles. The van der Waals surface area contributed by atoms with E-state index in [9.17, 15) is 4.79 Å². The summed E-state index contributed by atoms with van der Waals surface area (Å²) in [6.45, 7) is 7.76. The standard InChI is InChI=1S/C22H30N2O4/c1-21(2)10-14-11-22(3,12-21)13-24(14)20(25)19-9-17(23-28-19)16-8-15(26-4)6-7-18(16)27-5/h6-8,14,19H,9-13H2,1-5H3/t14-,19+,22+/m1/s1. The molecule has 1 aromatic rings. The molecular formula is C22H30N2O4. The van der Waals surface area contributed by atoms with Crippen LogP contribution in [0.3, 0.4) is 0 Å². The van der Waals surface area contributed by atoms with Crippen molar-refractivity contribution in [2.75, 3.05) is 20.8 Å². The van der Waals surface area contributed by atoms with Crippen LogP contribution in [0.1, 0.15) is 52.0 Å². The molecule has 1 aliphatic carbocycles. The second-order valence-corrected chi connectivity index (χ2v) is 9.58. The number of benzene rings is 1. The van der Waals surface area contributed by atoms with Crippen molar-refractivity contribution in [1.29, 1.82) is 0 Å². The molecule has 28 heavy (non-hydrogen) atoms. The Morgan fingerprint density at radius 1 is 1.21 bits per heavy atom. The largest absolute Gasteiger partial charge is 0.497 e. The molecule has 0 radical (unpaired) electrons. The molecule has 0 N–H and O–H groups in total. The van der Waals surface area contributed by atoms with Crippen molar-refractivity contribution in [2.45, 2.75) is 58.6 Å². The van der Waals surface area contributed by atoms with E-state index in [1.165, 1.54) is 0 Å². The SMILES string of the molecule is COc1ccc(OC)c(C2=NO[C@H](C(=O)N3C[C@@]4(C)C[C@H]3CC(C)(C)C4)C2)c1. The van der Waals surface area contributed by atoms with Crippen LogP contribution in [-0.2, 0) is 9.63 Å². The minimum atomic E-state index is -0.558. The van der Waals surface area contributed by atoms with Gasteiger partial charge >= 0.3 is 0 Å². The van der Waals surface area contributed by atoms with Crippen LogP contribution in [0.5, 0.6) is 11.5 Å². The molecule has 0 aromatic heterocycles. The number of hydrogen-bond acceptors (Lipinski definition) is 5. The maximum Gasteiger partial charge on any atom is 0.267 e. The van der Waals surface area contributed by atoms with E-state index in [2.05, 4.69) is 30.8 Å². The van der Waals surface area contributed by atoms with Gasteiger partial charge in [0.25, 0.3) is 5.91 Å². The van der Waals surface area contributed by atoms with Gasteiger partial charge in [-0.3, -0.25) is 4.79 Å². The smallest absolute Gasteiger partial charge is 0.267 e. The molecule has 3 atom stereocenters. The van der Waals surface area contributed by atoms with Gasteiger partial charge in [-0.2, -0.15) is 0 Å². The fourth-order valence-corrected chi connectivity index (χ4v) is 5.61. The summed E-state index contributed by atoms with van der Waals surface area (Å²) in [7, 11) is 3.25. The van der Waals surface area contributed by atoms with Crippen molar-refractivity contribution in [1.82, 2.24) is 4.90 Å². The fourth-order valence-electron chi connectivity index (χ4n) is 5.61. The Balaban J connectivity index is 1.50. The lowest BCUT2D eigenvalue weighted by Gasteiger charge is -2.39. The maximum atomic E-state index is 13.3. The normalized spacial score (nSPS) is 30.6. The van der Waals surface area contributed by atoms with E-state index < -0.39 is 6.10 Å². The Morgan fingerprint density at radius 3 is 2.71 bits per heavy atom. The Labute approximate surface area is 166 Å². The number of hydrogen-bond donors (Lipinski definition) is 0. The van der Waals surface area contributed by atoms with Crippen LogP contribution in [0.4, 0.5) is 0 Å². The molecule has 2 fully saturated rings. The number of carbonyl (C=O) groups is 1. The molecule has 0 spiro atoms. The summed E-state index contributed by atoms with van der Waals surface area (Å²) in [4.78, 5) is 20.9. The molecule has 1 saturated heterocycles. The van der Waals surface area contributed by atoms with E-state index in [-0.39, 0.29) is 16.7 Å². The number of rotatable bonds is 4. The lowest BCUT2D eigenvalue weighted by atomic mass is 9.65. The fraction of sp³-hybridized carbons (Fsp3) is 0.636. The van der Waals surface area contributed by atoms with Gasteiger partial charge in [0.15, 0.2) is 0 Å². The minimum Gasteiger partial charge on any atom is -0.497 e. The zero-order valence-electron chi connectivity index (χ0n) is 17.4. The Hall–Kier alpha value is -2.24. The van der Waals surface area contributed by atoms with Gasteiger partial charge in [-0.05, 0) is 48.3 Å². The predicted octanol–water partition coefficient (Wildman–Crippen LogP) is 3.62. The van der Waals surface area contributed by atoms with Gasteiger partial charge in [-0.25, -0.2) is 0 Å². The van der Waals surface area contributed by atoms with Crippen LogP contribution in [0.15, 0.2) is 23.4 Å². The highest BCUT2D eigenvalue weighted by Crippen LogP contribution is 2.52. The number of methoxy groups -OCH3 is 2. The molecule has 1 saturated carbocycles. The zero-order chi connectivity index (χ0) is 20.1. The molecule has 1 aromatic carbocycles. The monoisotopic (exact) mass is 386 g/mol. The van der Waals surface area contributed by atoms with E-state index in [1.807, 2.05) is 18.2 Å². The number of carbonyl (C=O) groups excluding carboxylic acids is 1. The minimum absolute atomic E-state index is 0.0621. The number of nitrogens with zero attached hydrogens (tertiary/aromatic N) is 2. The molecule has 1 amide bonds. The van der Waals surface area contributed by atoms with Crippen LogP contribution in [-0.4, -0.2) is 49.4 Å². The quantitative estimate of drug-likeness (QED) is 0.793. The van der Waals surface area contributed by atoms with Crippen LogP contribution < -0.4 is 9.47 Å². The van der Waals surface area contributed by atoms with Gasteiger partial charge in [0.2, 0.25) is 6.10 Å². The summed E-state index contributed by atoms with van der Waals surface area (Å²) >= 11 is 0. The molecule has 2 bridgehead atoms. The van der Waals surface area contributed by atoms with Crippen LogP contribution >= 0.6 is 0 Å². The molecule has 6 nitrogen and oxygen atoms in total. The lowest BCUT2D eigenvalue weighted by Crippen LogP contribution is -2.43. The van der Waals surface area contributed by atoms with Crippen molar-refractivity contribution < 1.29 is 19.1 Å². The van der Waals surface area contributed by atoms with Crippen molar-refractivity contribution in [2.24, 2.45) is 16.0 Å². The first-order valence-corrected chi connectivity index (χ1v) is 9.99. The lowest BCUT2D eigenvalue weighted by molar-refractivity contribution is -0.143. The van der Waals surface area contributed by atoms with Crippen LogP contribution in [0, 0.1) is 10.8 Å². The van der Waals surface area contributed by atoms with E-state index in [1.54, 1.807) is 14.2 Å². The third-order valence-corrected chi connectivity index (χ3v) is 6.36. The molecule has 4 rings (SSSR count). The van der Waals surface area contributed by atoms with E-state index in [0.29, 0.717) is 18.2 Å². The molecule has 2 heterocycles. The average molecular weight is 386 g/mol. The van der Waals surface area contributed by atoms with E-state index in [4.69, 9.17) is 14.3 Å². The van der Waals surface area contributed by atoms with Crippen LogP contribution in [0.25, 0.3) is 0 Å². The van der Waals surface area contributed by atoms with E-state index in [0.717, 1.165) is 42.8 Å². The first-order valence-electron chi connectivity index (χ1n) is 9.99. The maximum absolute atomic E-state index is 13.3. The number of oxime groups is 1. The van der Waals surface area contributed by atoms with Gasteiger partial charge in [0.1, 0.15) is 11.5 Å². The van der Waals surface area contributed by atoms with Crippen molar-refractivity contribution in [3.05, 3.63) is 23.8 Å². The highest BCUT2D eigenvalue weighted by Gasteiger charge is 2.52. The topological polar surface area (TPSA) is 60.4 Å². The van der Waals surface area contributed by atoms with Crippen molar-refractivity contribution >= 4 is 11.6 Å². The number of likely N-dealkylation sites (tertiary alicyclic amines) is 1. The summed E-state index contributed by atoms with van der Waals surface area (Å²) in [6, 6.07) is 5.87. The van der Waals surface area contributed by atoms with Gasteiger partial charge in [0.05, 0.1) is 19.9 Å². The summed E-state index contributed by atoms with van der Waals surface area (Å²) in [5.41, 5.74) is 2.02. The predicted molar refractivity (Wildman–Crippen MR) is 107 cm³/mol. The second kappa shape index (κ2) is 6.68. The van der Waals surface area contributed by atoms with Crippen molar-refractivity contribution in [3.63, 3.8) is 0 Å². The third kappa shape index (κ3) is 3.33. The first kappa shape index (κ1) is 19.1. The molecule has 3 aliphatic rings. The second-order valence-electron chi connectivity index (χ2n) is 9.58. The van der Waals surface area contributed by atoms with Gasteiger partial charge in [0, 0.05) is 24.6 Å². The van der Waals surface area contributed by atoms with E-state index >= 15 is 0 Å². The Morgan fingerprint density at radius 2 is 2.00 bits per heavy atom. The highest BCUT2D eigenvalue weighted by atomic mass is 16.6. The number of fused-ring (bicyclic) bond motifs is 2. The molecule has 6 heteroatoms. The number of amides is 1. The zero-order valence-corrected chi connectivity index (χ0v) is 17.4. The summed E-state index contributed by atoms with van der Waals surface area (Å²) < 4.78 is 10.8. The van der Waals surface area contributed by atoms with Crippen molar-refractivity contribution in [3.8, 4) is 11.5 Å². The van der Waals surface area contributed by atoms with Gasteiger partial charge in [-0.15, -0.1) is 0 Å². The Kier molecular flexibility index (Phi) is 4.55. The average Bonchev–Trinajstić information content (AvgIpc) is 3.22. The van der Waals surface area contributed by atoms with Crippen LogP contribution in [0.2, 0.25) is 0 Å². The molecule has 152 valence electrons.